The number of nitrogens with zero attached hydrogens (tertiary/aromatic N) is 1. The van der Waals surface area contributed by atoms with E-state index in [9.17, 15) is 27.2 Å². The summed E-state index contributed by atoms with van der Waals surface area (Å²) in [6.07, 6.45) is -0.901. The van der Waals surface area contributed by atoms with Gasteiger partial charge in [-0.05, 0) is 73.4 Å². The normalized spacial score (nSPS) is 21.1. The third kappa shape index (κ3) is 5.66. The van der Waals surface area contributed by atoms with Crippen LogP contribution in [0, 0.1) is 11.2 Å². The second-order valence-electron chi connectivity index (χ2n) is 11.5. The minimum absolute atomic E-state index is 0.0448. The zero-order valence-corrected chi connectivity index (χ0v) is 21.9. The first kappa shape index (κ1) is 27.2. The number of amides is 1. The highest BCUT2D eigenvalue weighted by Crippen LogP contribution is 2.43. The molecular formula is C29H32F4N4O2. The number of anilines is 1. The van der Waals surface area contributed by atoms with Gasteiger partial charge < -0.3 is 16.4 Å². The van der Waals surface area contributed by atoms with Crippen LogP contribution in [0.3, 0.4) is 0 Å². The van der Waals surface area contributed by atoms with Gasteiger partial charge >= 0.3 is 6.18 Å². The number of aromatic nitrogens is 1. The Hall–Kier alpha value is -3.40. The number of carbonyl (C=O) groups excluding carboxylic acids is 2. The summed E-state index contributed by atoms with van der Waals surface area (Å²) >= 11 is 0. The number of hydrogen-bond acceptors (Lipinski definition) is 4. The van der Waals surface area contributed by atoms with Gasteiger partial charge in [0.15, 0.2) is 0 Å². The van der Waals surface area contributed by atoms with E-state index < -0.39 is 24.4 Å². The largest absolute Gasteiger partial charge is 0.401 e. The highest BCUT2D eigenvalue weighted by molar-refractivity contribution is 6.06. The van der Waals surface area contributed by atoms with Gasteiger partial charge in [-0.1, -0.05) is 19.9 Å². The topological polar surface area (TPSA) is 89.2 Å². The van der Waals surface area contributed by atoms with Crippen molar-refractivity contribution in [1.82, 2.24) is 9.88 Å². The van der Waals surface area contributed by atoms with E-state index in [2.05, 4.69) is 10.6 Å². The molecule has 1 aromatic heterocycles. The third-order valence-corrected chi connectivity index (χ3v) is 7.81. The second kappa shape index (κ2) is 9.97. The van der Waals surface area contributed by atoms with Gasteiger partial charge in [0.1, 0.15) is 5.82 Å². The lowest BCUT2D eigenvalue weighted by molar-refractivity contribution is -0.126. The second-order valence-corrected chi connectivity index (χ2v) is 11.5. The van der Waals surface area contributed by atoms with Gasteiger partial charge in [0.2, 0.25) is 5.91 Å². The van der Waals surface area contributed by atoms with Crippen molar-refractivity contribution in [3.05, 3.63) is 53.5 Å². The Morgan fingerprint density at radius 1 is 1.05 bits per heavy atom. The molecule has 4 N–H and O–H groups in total. The predicted molar refractivity (Wildman–Crippen MR) is 142 cm³/mol. The zero-order chi connectivity index (χ0) is 28.1. The van der Waals surface area contributed by atoms with E-state index in [0.717, 1.165) is 22.2 Å². The van der Waals surface area contributed by atoms with Crippen molar-refractivity contribution in [3.8, 4) is 11.1 Å². The molecule has 2 heterocycles. The van der Waals surface area contributed by atoms with E-state index in [4.69, 9.17) is 5.73 Å². The Labute approximate surface area is 223 Å². The number of fused-ring (bicyclic) bond motifs is 3. The molecule has 0 atom stereocenters. The summed E-state index contributed by atoms with van der Waals surface area (Å²) < 4.78 is 53.6. The molecule has 1 aliphatic heterocycles. The fourth-order valence-electron chi connectivity index (χ4n) is 6.05. The van der Waals surface area contributed by atoms with Crippen LogP contribution in [0.1, 0.15) is 66.8 Å². The molecule has 10 heteroatoms. The Morgan fingerprint density at radius 2 is 1.74 bits per heavy atom. The summed E-state index contributed by atoms with van der Waals surface area (Å²) in [5.41, 5.74) is 9.12. The van der Waals surface area contributed by atoms with Crippen molar-refractivity contribution < 1.29 is 27.2 Å². The lowest BCUT2D eigenvalue weighted by atomic mass is 9.80. The fourth-order valence-corrected chi connectivity index (χ4v) is 6.05. The Kier molecular flexibility index (Phi) is 6.95. The van der Waals surface area contributed by atoms with Gasteiger partial charge in [-0.25, -0.2) is 4.39 Å². The standard InChI is InChI=1S/C29H32F4N4O2/c1-28(2)13-24-26(21-10-4-17(30)12-23(21)37(24)25(38)14-28)16-3-9-20(27(34)39)22(11-16)36-19-7-5-18(6-8-19)35-15-29(31,32)33/h3-4,9-12,18-19,35-36H,5-8,13-15H2,1-2H3,(H2,34,39). The lowest BCUT2D eigenvalue weighted by Gasteiger charge is -2.31. The SMILES string of the molecule is CC1(C)CC(=O)n2c(c(-c3ccc(C(N)=O)c(NC4CCC(NCC(F)(F)F)CC4)c3)c3ccc(F)cc32)C1. The first-order valence-corrected chi connectivity index (χ1v) is 13.2. The summed E-state index contributed by atoms with van der Waals surface area (Å²) in [6, 6.07) is 9.43. The van der Waals surface area contributed by atoms with Gasteiger partial charge in [0, 0.05) is 40.8 Å². The number of nitrogens with two attached hydrogens (primary N) is 1. The summed E-state index contributed by atoms with van der Waals surface area (Å²) in [5.74, 6) is -1.13. The Bertz CT molecular complexity index is 1440. The van der Waals surface area contributed by atoms with Crippen LogP contribution < -0.4 is 16.4 Å². The molecule has 208 valence electrons. The lowest BCUT2D eigenvalue weighted by Crippen LogP contribution is -2.41. The quantitative estimate of drug-likeness (QED) is 0.331. The number of alkyl halides is 3. The molecule has 1 saturated carbocycles. The molecule has 39 heavy (non-hydrogen) atoms. The average molecular weight is 545 g/mol. The number of halogens is 4. The molecule has 0 unspecified atom stereocenters. The van der Waals surface area contributed by atoms with Crippen LogP contribution in [0.4, 0.5) is 23.2 Å². The number of nitrogens with one attached hydrogen (secondary N) is 2. The van der Waals surface area contributed by atoms with Crippen molar-refractivity contribution in [2.45, 2.75) is 70.6 Å². The van der Waals surface area contributed by atoms with Crippen LogP contribution in [0.25, 0.3) is 22.0 Å². The summed E-state index contributed by atoms with van der Waals surface area (Å²) in [6.45, 7) is 3.04. The molecular weight excluding hydrogens is 512 g/mol. The van der Waals surface area contributed by atoms with Crippen molar-refractivity contribution in [3.63, 3.8) is 0 Å². The highest BCUT2D eigenvalue weighted by atomic mass is 19.4. The van der Waals surface area contributed by atoms with Crippen LogP contribution in [0.15, 0.2) is 36.4 Å². The van der Waals surface area contributed by atoms with Crippen molar-refractivity contribution in [2.24, 2.45) is 11.1 Å². The molecule has 2 aromatic carbocycles. The van der Waals surface area contributed by atoms with Crippen LogP contribution in [-0.2, 0) is 6.42 Å². The number of hydrogen-bond donors (Lipinski definition) is 3. The number of primary amides is 1. The van der Waals surface area contributed by atoms with Gasteiger partial charge in [0.25, 0.3) is 5.91 Å². The van der Waals surface area contributed by atoms with E-state index in [0.29, 0.717) is 55.3 Å². The number of benzene rings is 2. The van der Waals surface area contributed by atoms with Crippen molar-refractivity contribution in [1.29, 1.82) is 0 Å². The van der Waals surface area contributed by atoms with Crippen LogP contribution in [0.5, 0.6) is 0 Å². The first-order valence-electron chi connectivity index (χ1n) is 13.2. The minimum Gasteiger partial charge on any atom is -0.382 e. The smallest absolute Gasteiger partial charge is 0.382 e. The molecule has 2 aliphatic rings. The maximum Gasteiger partial charge on any atom is 0.401 e. The summed E-state index contributed by atoms with van der Waals surface area (Å²) in [4.78, 5) is 25.4. The van der Waals surface area contributed by atoms with E-state index in [-0.39, 0.29) is 23.4 Å². The minimum atomic E-state index is -4.25. The molecule has 0 radical (unpaired) electrons. The number of carbonyl (C=O) groups is 2. The molecule has 0 spiro atoms. The van der Waals surface area contributed by atoms with Gasteiger partial charge in [0.05, 0.1) is 17.6 Å². The van der Waals surface area contributed by atoms with Gasteiger partial charge in [-0.2, -0.15) is 13.2 Å². The van der Waals surface area contributed by atoms with Crippen LogP contribution >= 0.6 is 0 Å². The molecule has 0 saturated heterocycles. The Balaban J connectivity index is 1.49. The van der Waals surface area contributed by atoms with Gasteiger partial charge in [-0.3, -0.25) is 14.2 Å². The molecule has 1 amide bonds. The molecule has 6 nitrogen and oxygen atoms in total. The highest BCUT2D eigenvalue weighted by Gasteiger charge is 2.35. The fraction of sp³-hybridized carbons (Fsp3) is 0.448. The third-order valence-electron chi connectivity index (χ3n) is 7.81. The van der Waals surface area contributed by atoms with E-state index in [1.165, 1.54) is 12.1 Å². The Morgan fingerprint density at radius 3 is 2.41 bits per heavy atom. The maximum absolute atomic E-state index is 14.3. The average Bonchev–Trinajstić information content (AvgIpc) is 3.15. The van der Waals surface area contributed by atoms with E-state index >= 15 is 0 Å². The molecule has 5 rings (SSSR count). The molecule has 3 aromatic rings. The monoisotopic (exact) mass is 544 g/mol. The molecule has 0 bridgehead atoms. The van der Waals surface area contributed by atoms with Crippen molar-refractivity contribution >= 4 is 28.4 Å². The predicted octanol–water partition coefficient (Wildman–Crippen LogP) is 6.03. The van der Waals surface area contributed by atoms with E-state index in [1.807, 2.05) is 19.9 Å². The van der Waals surface area contributed by atoms with E-state index in [1.54, 1.807) is 22.8 Å². The summed E-state index contributed by atoms with van der Waals surface area (Å²) in [7, 11) is 0. The van der Waals surface area contributed by atoms with Crippen molar-refractivity contribution in [2.75, 3.05) is 11.9 Å². The first-order chi connectivity index (χ1) is 18.3. The number of rotatable bonds is 6. The molecule has 1 fully saturated rings. The summed E-state index contributed by atoms with van der Waals surface area (Å²) in [5, 5.41) is 6.73. The van der Waals surface area contributed by atoms with Gasteiger partial charge in [-0.15, -0.1) is 0 Å². The maximum atomic E-state index is 14.3. The van der Waals surface area contributed by atoms with Crippen LogP contribution in [0.2, 0.25) is 0 Å². The van der Waals surface area contributed by atoms with Crippen LogP contribution in [-0.4, -0.2) is 41.2 Å². The zero-order valence-electron chi connectivity index (χ0n) is 21.9. The molecule has 1 aliphatic carbocycles.